The van der Waals surface area contributed by atoms with Crippen LogP contribution in [-0.2, 0) is 0 Å². The zero-order chi connectivity index (χ0) is 20.9. The smallest absolute Gasteiger partial charge is 0.410 e. The van der Waals surface area contributed by atoms with E-state index in [2.05, 4.69) is 0 Å². The van der Waals surface area contributed by atoms with E-state index in [1.807, 2.05) is 0 Å². The highest BCUT2D eigenvalue weighted by Gasteiger charge is 2.30. The van der Waals surface area contributed by atoms with Crippen LogP contribution in [0.15, 0.2) is 60.7 Å². The fourth-order valence-electron chi connectivity index (χ4n) is 2.50. The predicted molar refractivity (Wildman–Crippen MR) is 94.1 cm³/mol. The van der Waals surface area contributed by atoms with Crippen molar-refractivity contribution in [2.75, 3.05) is 14.2 Å². The maximum Gasteiger partial charge on any atom is 0.410 e. The molecule has 0 amide bonds. The monoisotopic (exact) mass is 402 g/mol. The Kier molecular flexibility index (Phi) is 6.43. The largest absolute Gasteiger partial charge is 0.497 e. The first-order chi connectivity index (χ1) is 13.0. The van der Waals surface area contributed by atoms with Crippen molar-refractivity contribution in [1.29, 1.82) is 0 Å². The quantitative estimate of drug-likeness (QED) is 0.432. The molecule has 0 atom stereocenters. The molecule has 0 N–H and O–H groups in total. The molecule has 0 spiro atoms. The molecule has 2 rings (SSSR count). The number of hydrogen-bond acceptors (Lipinski definition) is 2. The standard InChI is InChI=1S/C20H16F6O2/c1-27-15-7-3-13(4-8-15)17(11-19(21,22)23)18(12-20(24,25)26)14-5-9-16(28-2)10-6-14/h3-12H,1-2H3/b17-11+,18-12+. The molecule has 0 heterocycles. The Morgan fingerprint density at radius 2 is 0.893 bits per heavy atom. The highest BCUT2D eigenvalue weighted by Crippen LogP contribution is 2.38. The summed E-state index contributed by atoms with van der Waals surface area (Å²) in [5.74, 6) is 0.724. The second kappa shape index (κ2) is 8.41. The molecule has 0 aliphatic heterocycles. The van der Waals surface area contributed by atoms with E-state index in [4.69, 9.17) is 9.47 Å². The van der Waals surface area contributed by atoms with E-state index in [0.717, 1.165) is 0 Å². The first kappa shape index (κ1) is 21.4. The highest BCUT2D eigenvalue weighted by atomic mass is 19.4. The lowest BCUT2D eigenvalue weighted by atomic mass is 9.91. The van der Waals surface area contributed by atoms with E-state index in [0.29, 0.717) is 11.5 Å². The van der Waals surface area contributed by atoms with Gasteiger partial charge in [-0.05, 0) is 46.5 Å². The number of halogens is 6. The van der Waals surface area contributed by atoms with E-state index in [1.165, 1.54) is 62.8 Å². The molecule has 0 saturated carbocycles. The van der Waals surface area contributed by atoms with E-state index in [1.54, 1.807) is 0 Å². The third-order valence-electron chi connectivity index (χ3n) is 3.71. The van der Waals surface area contributed by atoms with Gasteiger partial charge in [0.05, 0.1) is 14.2 Å². The third kappa shape index (κ3) is 6.07. The van der Waals surface area contributed by atoms with Crippen LogP contribution >= 0.6 is 0 Å². The summed E-state index contributed by atoms with van der Waals surface area (Å²) in [6.07, 6.45) is -9.94. The number of methoxy groups -OCH3 is 2. The van der Waals surface area contributed by atoms with E-state index in [-0.39, 0.29) is 23.3 Å². The maximum absolute atomic E-state index is 13.1. The number of allylic oxidation sites excluding steroid dienone is 4. The second-order valence-electron chi connectivity index (χ2n) is 5.66. The predicted octanol–water partition coefficient (Wildman–Crippen LogP) is 6.30. The summed E-state index contributed by atoms with van der Waals surface area (Å²) in [4.78, 5) is 0. The Bertz CT molecular complexity index is 771. The van der Waals surface area contributed by atoms with Crippen LogP contribution in [0, 0.1) is 0 Å². The summed E-state index contributed by atoms with van der Waals surface area (Å²) in [7, 11) is 2.74. The molecular weight excluding hydrogens is 386 g/mol. The minimum Gasteiger partial charge on any atom is -0.497 e. The van der Waals surface area contributed by atoms with Crippen molar-refractivity contribution in [3.05, 3.63) is 71.8 Å². The van der Waals surface area contributed by atoms with Crippen LogP contribution in [0.2, 0.25) is 0 Å². The molecular formula is C20H16F6O2. The van der Waals surface area contributed by atoms with Crippen LogP contribution in [-0.4, -0.2) is 26.6 Å². The maximum atomic E-state index is 13.1. The number of benzene rings is 2. The second-order valence-corrected chi connectivity index (χ2v) is 5.66. The molecule has 2 nitrogen and oxygen atoms in total. The van der Waals surface area contributed by atoms with Gasteiger partial charge in [-0.25, -0.2) is 0 Å². The van der Waals surface area contributed by atoms with Crippen molar-refractivity contribution in [3.63, 3.8) is 0 Å². The lowest BCUT2D eigenvalue weighted by molar-refractivity contribution is -0.0810. The summed E-state index contributed by atoms with van der Waals surface area (Å²) in [5.41, 5.74) is -1.30. The van der Waals surface area contributed by atoms with Gasteiger partial charge in [0.1, 0.15) is 11.5 Å². The Morgan fingerprint density at radius 3 is 1.11 bits per heavy atom. The molecule has 0 radical (unpaired) electrons. The third-order valence-corrected chi connectivity index (χ3v) is 3.71. The first-order valence-electron chi connectivity index (χ1n) is 7.91. The van der Waals surface area contributed by atoms with E-state index < -0.39 is 23.5 Å². The van der Waals surface area contributed by atoms with Crippen molar-refractivity contribution >= 4 is 11.1 Å². The highest BCUT2D eigenvalue weighted by molar-refractivity contribution is 6.05. The average Bonchev–Trinajstić information content (AvgIpc) is 2.63. The Labute approximate surface area is 157 Å². The lowest BCUT2D eigenvalue weighted by Crippen LogP contribution is -2.08. The van der Waals surface area contributed by atoms with Crippen molar-refractivity contribution in [2.45, 2.75) is 12.4 Å². The molecule has 0 aliphatic carbocycles. The van der Waals surface area contributed by atoms with Gasteiger partial charge in [-0.2, -0.15) is 26.3 Å². The van der Waals surface area contributed by atoms with Crippen molar-refractivity contribution < 1.29 is 35.8 Å². The summed E-state index contributed by atoms with van der Waals surface area (Å²) >= 11 is 0. The van der Waals surface area contributed by atoms with Crippen LogP contribution in [0.3, 0.4) is 0 Å². The zero-order valence-electron chi connectivity index (χ0n) is 14.9. The van der Waals surface area contributed by atoms with Gasteiger partial charge in [-0.1, -0.05) is 24.3 Å². The first-order valence-corrected chi connectivity index (χ1v) is 7.91. The number of rotatable bonds is 5. The van der Waals surface area contributed by atoms with E-state index in [9.17, 15) is 26.3 Å². The SMILES string of the molecule is COc1ccc(C(=C\C(F)(F)F)/C(=C/C(F)(F)F)c2ccc(OC)cc2)cc1. The van der Waals surface area contributed by atoms with Crippen molar-refractivity contribution in [1.82, 2.24) is 0 Å². The summed E-state index contributed by atoms with van der Waals surface area (Å²) in [6, 6.07) is 10.6. The van der Waals surface area contributed by atoms with Crippen LogP contribution in [0.25, 0.3) is 11.1 Å². The molecule has 0 saturated heterocycles. The molecule has 28 heavy (non-hydrogen) atoms. The topological polar surface area (TPSA) is 18.5 Å². The lowest BCUT2D eigenvalue weighted by Gasteiger charge is -2.17. The number of hydrogen-bond donors (Lipinski definition) is 0. The normalized spacial score (nSPS) is 13.4. The summed E-state index contributed by atoms with van der Waals surface area (Å²) in [6.45, 7) is 0. The van der Waals surface area contributed by atoms with Gasteiger partial charge < -0.3 is 9.47 Å². The molecule has 0 fully saturated rings. The van der Waals surface area contributed by atoms with Gasteiger partial charge in [0.15, 0.2) is 0 Å². The van der Waals surface area contributed by atoms with Gasteiger partial charge in [-0.15, -0.1) is 0 Å². The Balaban J connectivity index is 2.70. The molecule has 0 aliphatic rings. The Morgan fingerprint density at radius 1 is 0.607 bits per heavy atom. The summed E-state index contributed by atoms with van der Waals surface area (Å²) < 4.78 is 88.7. The van der Waals surface area contributed by atoms with Crippen LogP contribution < -0.4 is 9.47 Å². The minimum absolute atomic E-state index is 0.0376. The Hall–Kier alpha value is -2.90. The van der Waals surface area contributed by atoms with Gasteiger partial charge in [-0.3, -0.25) is 0 Å². The molecule has 0 unspecified atom stereocenters. The minimum atomic E-state index is -4.83. The molecule has 0 bridgehead atoms. The molecule has 2 aromatic carbocycles. The van der Waals surface area contributed by atoms with E-state index >= 15 is 0 Å². The van der Waals surface area contributed by atoms with Crippen LogP contribution in [0.5, 0.6) is 11.5 Å². The van der Waals surface area contributed by atoms with Crippen molar-refractivity contribution in [2.24, 2.45) is 0 Å². The molecule has 2 aromatic rings. The summed E-state index contributed by atoms with van der Waals surface area (Å²) in [5, 5.41) is 0. The molecule has 8 heteroatoms. The fraction of sp³-hybridized carbons (Fsp3) is 0.200. The van der Waals surface area contributed by atoms with Crippen molar-refractivity contribution in [3.8, 4) is 11.5 Å². The zero-order valence-corrected chi connectivity index (χ0v) is 14.9. The van der Waals surface area contributed by atoms with Crippen LogP contribution in [0.1, 0.15) is 11.1 Å². The molecule has 150 valence electrons. The van der Waals surface area contributed by atoms with Gasteiger partial charge >= 0.3 is 12.4 Å². The number of alkyl halides is 6. The molecule has 0 aromatic heterocycles. The van der Waals surface area contributed by atoms with Crippen LogP contribution in [0.4, 0.5) is 26.3 Å². The van der Waals surface area contributed by atoms with Gasteiger partial charge in [0, 0.05) is 12.2 Å². The average molecular weight is 402 g/mol. The number of ether oxygens (including phenoxy) is 2. The van der Waals surface area contributed by atoms with Gasteiger partial charge in [0.25, 0.3) is 0 Å². The van der Waals surface area contributed by atoms with Gasteiger partial charge in [0.2, 0.25) is 0 Å². The fourth-order valence-corrected chi connectivity index (χ4v) is 2.50.